The third-order valence-electron chi connectivity index (χ3n) is 1.18. The minimum atomic E-state index is -1.42. The van der Waals surface area contributed by atoms with Gasteiger partial charge in [0.2, 0.25) is 0 Å². The summed E-state index contributed by atoms with van der Waals surface area (Å²) in [6, 6.07) is 0.638. The fourth-order valence-corrected chi connectivity index (χ4v) is 1.03. The molecule has 0 radical (unpaired) electrons. The Labute approximate surface area is 81.1 Å². The Morgan fingerprint density at radius 2 is 2.08 bits per heavy atom. The number of nitrogens with zero attached hydrogens (tertiary/aromatic N) is 1. The Hall–Kier alpha value is -0.940. The van der Waals surface area contributed by atoms with Crippen LogP contribution < -0.4 is 0 Å². The van der Waals surface area contributed by atoms with Crippen LogP contribution in [-0.2, 0) is 4.94 Å². The van der Waals surface area contributed by atoms with Crippen molar-refractivity contribution >= 4 is 29.2 Å². The minimum absolute atomic E-state index is 0.422. The first-order valence-electron chi connectivity index (χ1n) is 2.90. The van der Waals surface area contributed by atoms with Gasteiger partial charge in [0.05, 0.1) is 0 Å². The van der Waals surface area contributed by atoms with E-state index in [4.69, 9.17) is 23.2 Å². The van der Waals surface area contributed by atoms with Gasteiger partial charge in [-0.15, -0.1) is 0 Å². The van der Waals surface area contributed by atoms with E-state index < -0.39 is 27.7 Å². The second-order valence-electron chi connectivity index (χ2n) is 1.96. The fraction of sp³-hybridized carbons (Fsp3) is 0. The van der Waals surface area contributed by atoms with Crippen molar-refractivity contribution < 1.29 is 18.7 Å². The van der Waals surface area contributed by atoms with Crippen LogP contribution in [0.15, 0.2) is 6.07 Å². The summed E-state index contributed by atoms with van der Waals surface area (Å²) in [6.07, 6.45) is 0. The molecule has 0 spiro atoms. The summed E-state index contributed by atoms with van der Waals surface area (Å²) in [7, 11) is 0. The number of hydrogen-bond acceptors (Lipinski definition) is 3. The van der Waals surface area contributed by atoms with Crippen molar-refractivity contribution in [2.24, 2.45) is 0 Å². The number of carbonyl (C=O) groups is 1. The molecule has 1 aromatic rings. The SMILES string of the molecule is O=C(OF)c1cc(F)c(Cl)nc1Cl. The standard InChI is InChI=1S/C6HCl2F2NO2/c7-4-2(6(12)13-10)1-3(9)5(8)11-4/h1H. The van der Waals surface area contributed by atoms with E-state index in [1.165, 1.54) is 0 Å². The van der Waals surface area contributed by atoms with E-state index >= 15 is 0 Å². The molecular weight excluding hydrogens is 227 g/mol. The first kappa shape index (κ1) is 10.1. The molecule has 7 heteroatoms. The normalized spacial score (nSPS) is 9.85. The van der Waals surface area contributed by atoms with Gasteiger partial charge in [-0.25, -0.2) is 19.1 Å². The van der Waals surface area contributed by atoms with Gasteiger partial charge in [-0.05, 0) is 6.07 Å². The third kappa shape index (κ3) is 2.05. The maximum absolute atomic E-state index is 12.7. The molecule has 0 aliphatic rings. The molecule has 70 valence electrons. The van der Waals surface area contributed by atoms with E-state index in [-0.39, 0.29) is 0 Å². The molecule has 0 aliphatic carbocycles. The van der Waals surface area contributed by atoms with Crippen molar-refractivity contribution in [1.29, 1.82) is 0 Å². The zero-order chi connectivity index (χ0) is 10.0. The van der Waals surface area contributed by atoms with E-state index in [1.54, 1.807) is 0 Å². The van der Waals surface area contributed by atoms with Crippen molar-refractivity contribution in [3.05, 3.63) is 27.8 Å². The van der Waals surface area contributed by atoms with Crippen molar-refractivity contribution in [2.45, 2.75) is 0 Å². The fourth-order valence-electron chi connectivity index (χ4n) is 0.630. The Morgan fingerprint density at radius 1 is 1.46 bits per heavy atom. The highest BCUT2D eigenvalue weighted by Gasteiger charge is 2.17. The molecule has 0 atom stereocenters. The summed E-state index contributed by atoms with van der Waals surface area (Å²) in [4.78, 5) is 16.6. The topological polar surface area (TPSA) is 39.2 Å². The van der Waals surface area contributed by atoms with Crippen LogP contribution in [0.1, 0.15) is 10.4 Å². The lowest BCUT2D eigenvalue weighted by Gasteiger charge is -1.99. The van der Waals surface area contributed by atoms with Crippen LogP contribution in [0.4, 0.5) is 8.92 Å². The Morgan fingerprint density at radius 3 is 2.62 bits per heavy atom. The minimum Gasteiger partial charge on any atom is -0.249 e. The van der Waals surface area contributed by atoms with Gasteiger partial charge in [-0.1, -0.05) is 23.2 Å². The molecule has 0 aromatic carbocycles. The number of halogens is 4. The first-order valence-corrected chi connectivity index (χ1v) is 3.66. The number of pyridine rings is 1. The number of rotatable bonds is 1. The molecule has 0 unspecified atom stereocenters. The van der Waals surface area contributed by atoms with Crippen molar-refractivity contribution in [2.75, 3.05) is 0 Å². The van der Waals surface area contributed by atoms with Crippen LogP contribution in [0.2, 0.25) is 10.3 Å². The lowest BCUT2D eigenvalue weighted by Crippen LogP contribution is -2.02. The highest BCUT2D eigenvalue weighted by atomic mass is 35.5. The molecule has 0 saturated heterocycles. The van der Waals surface area contributed by atoms with Crippen LogP contribution in [0.3, 0.4) is 0 Å². The van der Waals surface area contributed by atoms with Crippen LogP contribution in [-0.4, -0.2) is 11.0 Å². The van der Waals surface area contributed by atoms with Gasteiger partial charge in [0.25, 0.3) is 0 Å². The van der Waals surface area contributed by atoms with Gasteiger partial charge in [0, 0.05) is 4.53 Å². The van der Waals surface area contributed by atoms with Crippen LogP contribution >= 0.6 is 23.2 Å². The highest BCUT2D eigenvalue weighted by Crippen LogP contribution is 2.20. The summed E-state index contributed by atoms with van der Waals surface area (Å²) in [6.45, 7) is 0. The quantitative estimate of drug-likeness (QED) is 0.693. The van der Waals surface area contributed by atoms with E-state index in [0.717, 1.165) is 0 Å². The van der Waals surface area contributed by atoms with Crippen LogP contribution in [0, 0.1) is 5.82 Å². The molecule has 3 nitrogen and oxygen atoms in total. The molecule has 0 bridgehead atoms. The molecule has 0 N–H and O–H groups in total. The molecule has 1 aromatic heterocycles. The largest absolute Gasteiger partial charge is 0.382 e. The summed E-state index contributed by atoms with van der Waals surface area (Å²) >= 11 is 10.6. The van der Waals surface area contributed by atoms with Crippen molar-refractivity contribution in [3.63, 3.8) is 0 Å². The predicted molar refractivity (Wildman–Crippen MR) is 40.7 cm³/mol. The van der Waals surface area contributed by atoms with Gasteiger partial charge in [0.15, 0.2) is 11.0 Å². The van der Waals surface area contributed by atoms with Crippen molar-refractivity contribution in [3.8, 4) is 0 Å². The Balaban J connectivity index is 3.23. The highest BCUT2D eigenvalue weighted by molar-refractivity contribution is 6.34. The van der Waals surface area contributed by atoms with E-state index in [1.807, 2.05) is 0 Å². The molecular formula is C6HCl2F2NO2. The van der Waals surface area contributed by atoms with E-state index in [9.17, 15) is 13.7 Å². The van der Waals surface area contributed by atoms with E-state index in [0.29, 0.717) is 6.07 Å². The van der Waals surface area contributed by atoms with Gasteiger partial charge < -0.3 is 0 Å². The third-order valence-corrected chi connectivity index (χ3v) is 1.73. The second kappa shape index (κ2) is 3.85. The monoisotopic (exact) mass is 227 g/mol. The average molecular weight is 228 g/mol. The molecule has 13 heavy (non-hydrogen) atoms. The number of carbonyl (C=O) groups excluding carboxylic acids is 1. The number of aromatic nitrogens is 1. The van der Waals surface area contributed by atoms with E-state index in [2.05, 4.69) is 9.93 Å². The molecule has 0 saturated carbocycles. The van der Waals surface area contributed by atoms with Gasteiger partial charge in [-0.2, -0.15) is 0 Å². The predicted octanol–water partition coefficient (Wildman–Crippen LogP) is 2.57. The van der Waals surface area contributed by atoms with Crippen LogP contribution in [0.5, 0.6) is 0 Å². The first-order chi connectivity index (χ1) is 6.06. The summed E-state index contributed by atoms with van der Waals surface area (Å²) in [5.74, 6) is -2.40. The molecule has 0 fully saturated rings. The molecule has 0 amide bonds. The smallest absolute Gasteiger partial charge is 0.249 e. The Bertz CT molecular complexity index is 359. The molecule has 0 aliphatic heterocycles. The van der Waals surface area contributed by atoms with Gasteiger partial charge in [0.1, 0.15) is 10.7 Å². The maximum atomic E-state index is 12.7. The zero-order valence-electron chi connectivity index (χ0n) is 5.85. The molecule has 1 rings (SSSR count). The van der Waals surface area contributed by atoms with Crippen LogP contribution in [0.25, 0.3) is 0 Å². The summed E-state index contributed by atoms with van der Waals surface area (Å²) in [5.41, 5.74) is -0.522. The lowest BCUT2D eigenvalue weighted by molar-refractivity contribution is -0.0788. The summed E-state index contributed by atoms with van der Waals surface area (Å²) in [5, 5.41) is -0.922. The second-order valence-corrected chi connectivity index (χ2v) is 2.68. The summed E-state index contributed by atoms with van der Waals surface area (Å²) < 4.78 is 24.1. The maximum Gasteiger partial charge on any atom is 0.382 e. The van der Waals surface area contributed by atoms with Gasteiger partial charge >= 0.3 is 5.97 Å². The zero-order valence-corrected chi connectivity index (χ0v) is 7.36. The number of hydrogen-bond donors (Lipinski definition) is 0. The lowest BCUT2D eigenvalue weighted by atomic mass is 10.3. The Kier molecular flexibility index (Phi) is 3.00. The average Bonchev–Trinajstić information content (AvgIpc) is 2.10. The van der Waals surface area contributed by atoms with Crippen molar-refractivity contribution in [1.82, 2.24) is 4.98 Å². The molecule has 1 heterocycles. The van der Waals surface area contributed by atoms with Gasteiger partial charge in [-0.3, -0.25) is 0 Å².